The lowest BCUT2D eigenvalue weighted by Gasteiger charge is -2.33. The molecule has 0 N–H and O–H groups in total. The van der Waals surface area contributed by atoms with Gasteiger partial charge in [0.25, 0.3) is 5.91 Å². The van der Waals surface area contributed by atoms with Crippen LogP contribution in [0.4, 0.5) is 4.39 Å². The smallest absolute Gasteiger partial charge is 0.399 e. The molecule has 1 aromatic carbocycles. The van der Waals surface area contributed by atoms with Gasteiger partial charge in [-0.2, -0.15) is 0 Å². The number of rotatable bonds is 2. The monoisotopic (exact) mass is 349 g/mol. The Morgan fingerprint density at radius 3 is 2.44 bits per heavy atom. The Labute approximate surface area is 148 Å². The normalized spacial score (nSPS) is 25.3. The Morgan fingerprint density at radius 2 is 1.84 bits per heavy atom. The molecule has 0 radical (unpaired) electrons. The zero-order valence-electron chi connectivity index (χ0n) is 15.5. The first-order valence-corrected chi connectivity index (χ1v) is 8.65. The summed E-state index contributed by atoms with van der Waals surface area (Å²) in [4.78, 5) is 14.5. The second-order valence-corrected chi connectivity index (χ2v) is 7.78. The van der Waals surface area contributed by atoms with Crippen LogP contribution in [0, 0.1) is 5.82 Å². The number of morpholine rings is 1. The van der Waals surface area contributed by atoms with Gasteiger partial charge in [-0.15, -0.1) is 0 Å². The summed E-state index contributed by atoms with van der Waals surface area (Å²) in [7, 11) is -0.700. The van der Waals surface area contributed by atoms with E-state index in [2.05, 4.69) is 0 Å². The Hall–Kier alpha value is -1.44. The molecule has 1 unspecified atom stereocenters. The minimum absolute atomic E-state index is 0.0372. The van der Waals surface area contributed by atoms with Crippen LogP contribution in [0.5, 0.6) is 0 Å². The van der Waals surface area contributed by atoms with Gasteiger partial charge in [0, 0.05) is 12.1 Å². The van der Waals surface area contributed by atoms with Crippen molar-refractivity contribution in [3.8, 4) is 0 Å². The first kappa shape index (κ1) is 18.4. The van der Waals surface area contributed by atoms with Crippen molar-refractivity contribution in [2.45, 2.75) is 51.9 Å². The number of halogens is 1. The van der Waals surface area contributed by atoms with Gasteiger partial charge >= 0.3 is 7.12 Å². The molecule has 2 saturated heterocycles. The first-order valence-electron chi connectivity index (χ1n) is 8.65. The Morgan fingerprint density at radius 1 is 1.20 bits per heavy atom. The molecule has 1 amide bonds. The lowest BCUT2D eigenvalue weighted by molar-refractivity contribution is 0.00358. The number of carbonyl (C=O) groups is 1. The molecule has 1 aromatic rings. The number of hydrogen-bond donors (Lipinski definition) is 0. The van der Waals surface area contributed by atoms with E-state index in [1.54, 1.807) is 11.0 Å². The molecule has 0 spiro atoms. The fourth-order valence-electron chi connectivity index (χ4n) is 3.05. The predicted molar refractivity (Wildman–Crippen MR) is 93.4 cm³/mol. The van der Waals surface area contributed by atoms with Gasteiger partial charge in [-0.3, -0.25) is 4.79 Å². The number of carbonyl (C=O) groups excluding carboxylic acids is 1. The van der Waals surface area contributed by atoms with E-state index in [4.69, 9.17) is 14.0 Å². The summed E-state index contributed by atoms with van der Waals surface area (Å²) in [5.41, 5.74) is -0.221. The van der Waals surface area contributed by atoms with Crippen LogP contribution in [-0.4, -0.2) is 54.9 Å². The van der Waals surface area contributed by atoms with E-state index in [1.807, 2.05) is 34.6 Å². The van der Waals surface area contributed by atoms with Crippen molar-refractivity contribution in [2.75, 3.05) is 19.8 Å². The average Bonchev–Trinajstić information content (AvgIpc) is 2.75. The number of benzene rings is 1. The van der Waals surface area contributed by atoms with Crippen LogP contribution >= 0.6 is 0 Å². The molecule has 0 saturated carbocycles. The summed E-state index contributed by atoms with van der Waals surface area (Å²) >= 11 is 0. The number of hydrogen-bond acceptors (Lipinski definition) is 4. The molecular formula is C18H25BFNO4. The second-order valence-electron chi connectivity index (χ2n) is 7.78. The number of nitrogens with zero attached hydrogens (tertiary/aromatic N) is 1. The highest BCUT2D eigenvalue weighted by Gasteiger charge is 2.51. The van der Waals surface area contributed by atoms with E-state index < -0.39 is 24.1 Å². The van der Waals surface area contributed by atoms with E-state index in [0.29, 0.717) is 30.8 Å². The van der Waals surface area contributed by atoms with Crippen LogP contribution in [0.1, 0.15) is 45.0 Å². The van der Waals surface area contributed by atoms with Crippen molar-refractivity contribution in [2.24, 2.45) is 0 Å². The third kappa shape index (κ3) is 3.45. The van der Waals surface area contributed by atoms with E-state index in [1.165, 1.54) is 12.1 Å². The predicted octanol–water partition coefficient (Wildman–Crippen LogP) is 1.99. The zero-order chi connectivity index (χ0) is 18.4. The summed E-state index contributed by atoms with van der Waals surface area (Å²) in [5, 5.41) is 0. The van der Waals surface area contributed by atoms with E-state index in [9.17, 15) is 9.18 Å². The third-order valence-electron chi connectivity index (χ3n) is 5.32. The molecule has 136 valence electrons. The highest BCUT2D eigenvalue weighted by Crippen LogP contribution is 2.36. The van der Waals surface area contributed by atoms with E-state index in [-0.39, 0.29) is 11.9 Å². The van der Waals surface area contributed by atoms with Crippen molar-refractivity contribution in [3.05, 3.63) is 29.6 Å². The molecule has 2 aliphatic rings. The van der Waals surface area contributed by atoms with Gasteiger partial charge in [-0.1, -0.05) is 0 Å². The molecular weight excluding hydrogens is 324 g/mol. The van der Waals surface area contributed by atoms with E-state index >= 15 is 0 Å². The third-order valence-corrected chi connectivity index (χ3v) is 5.32. The molecule has 2 fully saturated rings. The minimum Gasteiger partial charge on any atom is -0.399 e. The molecule has 0 aliphatic carbocycles. The standard InChI is InChI=1S/C18H25BFNO4/c1-12-11-23-7-6-21(12)16(22)13-8-14(10-15(20)9-13)19-24-17(2,3)18(4,5)25-19/h8-10,12H,6-7,11H2,1-5H3. The summed E-state index contributed by atoms with van der Waals surface area (Å²) in [6.07, 6.45) is 0. The van der Waals surface area contributed by atoms with Gasteiger partial charge in [0.1, 0.15) is 5.82 Å². The highest BCUT2D eigenvalue weighted by atomic mass is 19.1. The van der Waals surface area contributed by atoms with Crippen LogP contribution in [0.25, 0.3) is 0 Å². The number of amides is 1. The maximum Gasteiger partial charge on any atom is 0.494 e. The topological polar surface area (TPSA) is 48.0 Å². The Balaban J connectivity index is 1.88. The van der Waals surface area contributed by atoms with Crippen LogP contribution in [-0.2, 0) is 14.0 Å². The largest absolute Gasteiger partial charge is 0.494 e. The molecule has 2 aliphatic heterocycles. The molecule has 3 rings (SSSR count). The van der Waals surface area contributed by atoms with Gasteiger partial charge in [0.05, 0.1) is 30.5 Å². The van der Waals surface area contributed by atoms with Gasteiger partial charge in [-0.25, -0.2) is 4.39 Å². The Bertz CT molecular complexity index is 663. The van der Waals surface area contributed by atoms with Crippen molar-refractivity contribution < 1.29 is 23.2 Å². The highest BCUT2D eigenvalue weighted by molar-refractivity contribution is 6.62. The second kappa shape index (κ2) is 6.38. The lowest BCUT2D eigenvalue weighted by atomic mass is 9.78. The van der Waals surface area contributed by atoms with Crippen molar-refractivity contribution >= 4 is 18.5 Å². The van der Waals surface area contributed by atoms with Crippen LogP contribution in [0.15, 0.2) is 18.2 Å². The van der Waals surface area contributed by atoms with Crippen molar-refractivity contribution in [3.63, 3.8) is 0 Å². The molecule has 0 aromatic heterocycles. The van der Waals surface area contributed by atoms with Crippen molar-refractivity contribution in [1.29, 1.82) is 0 Å². The van der Waals surface area contributed by atoms with Gasteiger partial charge in [-0.05, 0) is 58.3 Å². The summed E-state index contributed by atoms with van der Waals surface area (Å²) in [6, 6.07) is 4.25. The summed E-state index contributed by atoms with van der Waals surface area (Å²) in [5.74, 6) is -0.676. The van der Waals surface area contributed by atoms with Crippen molar-refractivity contribution in [1.82, 2.24) is 4.90 Å². The quantitative estimate of drug-likeness (QED) is 0.767. The van der Waals surface area contributed by atoms with Gasteiger partial charge in [0.15, 0.2) is 0 Å². The molecule has 5 nitrogen and oxygen atoms in total. The SMILES string of the molecule is CC1COCCN1C(=O)c1cc(F)cc(B2OC(C)(C)C(C)(C)O2)c1. The van der Waals surface area contributed by atoms with Crippen LogP contribution in [0.3, 0.4) is 0 Å². The lowest BCUT2D eigenvalue weighted by Crippen LogP contribution is -2.47. The Kier molecular flexibility index (Phi) is 4.68. The molecule has 25 heavy (non-hydrogen) atoms. The minimum atomic E-state index is -0.700. The fraction of sp³-hybridized carbons (Fsp3) is 0.611. The first-order chi connectivity index (χ1) is 11.6. The summed E-state index contributed by atoms with van der Waals surface area (Å²) < 4.78 is 31.5. The molecule has 2 heterocycles. The number of ether oxygens (including phenoxy) is 1. The zero-order valence-corrected chi connectivity index (χ0v) is 15.5. The molecule has 7 heteroatoms. The van der Waals surface area contributed by atoms with E-state index in [0.717, 1.165) is 0 Å². The maximum atomic E-state index is 14.2. The molecule has 1 atom stereocenters. The summed E-state index contributed by atoms with van der Waals surface area (Å²) in [6.45, 7) is 11.2. The maximum absolute atomic E-state index is 14.2. The van der Waals surface area contributed by atoms with Gasteiger partial charge in [0.2, 0.25) is 0 Å². The van der Waals surface area contributed by atoms with Crippen LogP contribution in [0.2, 0.25) is 0 Å². The molecule has 0 bridgehead atoms. The fourth-order valence-corrected chi connectivity index (χ4v) is 3.05. The van der Waals surface area contributed by atoms with Crippen LogP contribution < -0.4 is 5.46 Å². The van der Waals surface area contributed by atoms with Gasteiger partial charge < -0.3 is 18.9 Å². The average molecular weight is 349 g/mol.